The number of rotatable bonds is 11. The Hall–Kier alpha value is -1.59. The molecule has 0 saturated carbocycles. The molecule has 1 rings (SSSR count). The molecule has 1 heterocycles. The van der Waals surface area contributed by atoms with Crippen LogP contribution in [0.3, 0.4) is 0 Å². The van der Waals surface area contributed by atoms with Crippen LogP contribution in [0.15, 0.2) is 0 Å². The minimum atomic E-state index is -0.872. The monoisotopic (exact) mass is 345 g/mol. The third kappa shape index (κ3) is 6.13. The summed E-state index contributed by atoms with van der Waals surface area (Å²) < 4.78 is 15.5. The van der Waals surface area contributed by atoms with E-state index in [1.807, 2.05) is 0 Å². The van der Waals surface area contributed by atoms with Gasteiger partial charge in [0.1, 0.15) is 25.0 Å². The quantitative estimate of drug-likeness (QED) is 0.463. The van der Waals surface area contributed by atoms with Gasteiger partial charge in [-0.1, -0.05) is 0 Å². The minimum Gasteiger partial charge on any atom is -0.384 e. The molecule has 0 aliphatic heterocycles. The molecular weight excluding hydrogens is 318 g/mol. The van der Waals surface area contributed by atoms with E-state index in [1.54, 1.807) is 28.1 Å². The molecule has 1 aromatic heterocycles. The summed E-state index contributed by atoms with van der Waals surface area (Å²) in [6.45, 7) is 3.92. The molecule has 3 N–H and O–H groups in total. The molecule has 0 aliphatic rings. The number of aromatic nitrogens is 3. The molecule has 10 heteroatoms. The molecule has 0 fully saturated rings. The lowest BCUT2D eigenvalue weighted by Gasteiger charge is -2.26. The van der Waals surface area contributed by atoms with E-state index in [9.17, 15) is 10.2 Å². The summed E-state index contributed by atoms with van der Waals surface area (Å²) in [4.78, 5) is 14.4. The first-order valence-corrected chi connectivity index (χ1v) is 7.55. The Labute approximate surface area is 141 Å². The molecule has 24 heavy (non-hydrogen) atoms. The van der Waals surface area contributed by atoms with Crippen LogP contribution < -0.4 is 10.2 Å². The van der Waals surface area contributed by atoms with Gasteiger partial charge in [0.15, 0.2) is 0 Å². The highest BCUT2D eigenvalue weighted by Gasteiger charge is 2.22. The van der Waals surface area contributed by atoms with Crippen molar-refractivity contribution in [2.45, 2.75) is 32.2 Å². The molecule has 0 radical (unpaired) electrons. The number of nitrogens with zero attached hydrogens (tertiary/aromatic N) is 4. The van der Waals surface area contributed by atoms with E-state index in [1.165, 1.54) is 12.0 Å². The lowest BCUT2D eigenvalue weighted by molar-refractivity contribution is 0.112. The van der Waals surface area contributed by atoms with Crippen LogP contribution in [0.2, 0.25) is 0 Å². The van der Waals surface area contributed by atoms with Crippen molar-refractivity contribution in [3.8, 4) is 0 Å². The van der Waals surface area contributed by atoms with Crippen molar-refractivity contribution in [2.24, 2.45) is 0 Å². The van der Waals surface area contributed by atoms with E-state index in [2.05, 4.69) is 20.3 Å². The zero-order chi connectivity index (χ0) is 18.1. The van der Waals surface area contributed by atoms with Gasteiger partial charge in [0.2, 0.25) is 11.9 Å². The van der Waals surface area contributed by atoms with E-state index in [4.69, 9.17) is 14.2 Å². The average molecular weight is 345 g/mol. The van der Waals surface area contributed by atoms with E-state index in [0.29, 0.717) is 19.0 Å². The number of nitrogens with one attached hydrogen (secondary N) is 1. The summed E-state index contributed by atoms with van der Waals surface area (Å²) in [6.07, 6.45) is -1.72. The van der Waals surface area contributed by atoms with Crippen LogP contribution in [0.5, 0.6) is 0 Å². The van der Waals surface area contributed by atoms with E-state index in [-0.39, 0.29) is 24.5 Å². The summed E-state index contributed by atoms with van der Waals surface area (Å²) in [5.74, 6) is 0.601. The summed E-state index contributed by atoms with van der Waals surface area (Å²) in [5.41, 5.74) is 0. The van der Waals surface area contributed by atoms with Crippen molar-refractivity contribution in [2.75, 3.05) is 51.5 Å². The standard InChI is InChI=1S/C14H27N5O5/c1-9(20)15-13-16-12(11(6-22-3)7-23-4)17-14(18-13)19(8-24-5)10(2)21/h9-11,20-21H,6-8H2,1-5H3,(H,15,16,17,18). The fourth-order valence-electron chi connectivity index (χ4n) is 2.01. The molecule has 0 bridgehead atoms. The van der Waals surface area contributed by atoms with Crippen molar-refractivity contribution in [1.29, 1.82) is 0 Å². The molecule has 0 saturated heterocycles. The van der Waals surface area contributed by atoms with Gasteiger partial charge in [-0.3, -0.25) is 4.90 Å². The highest BCUT2D eigenvalue weighted by molar-refractivity contribution is 5.38. The fraction of sp³-hybridized carbons (Fsp3) is 0.786. The zero-order valence-corrected chi connectivity index (χ0v) is 14.8. The molecule has 0 aliphatic carbocycles. The first-order chi connectivity index (χ1) is 11.4. The van der Waals surface area contributed by atoms with Crippen LogP contribution in [0.4, 0.5) is 11.9 Å². The predicted octanol–water partition coefficient (Wildman–Crippen LogP) is -0.253. The van der Waals surface area contributed by atoms with Gasteiger partial charge in [-0.25, -0.2) is 0 Å². The normalized spacial score (nSPS) is 13.8. The van der Waals surface area contributed by atoms with Gasteiger partial charge in [-0.2, -0.15) is 15.0 Å². The maximum atomic E-state index is 9.93. The van der Waals surface area contributed by atoms with Gasteiger partial charge in [0.05, 0.1) is 19.1 Å². The van der Waals surface area contributed by atoms with E-state index < -0.39 is 12.5 Å². The van der Waals surface area contributed by atoms with Gasteiger partial charge in [-0.15, -0.1) is 0 Å². The SMILES string of the molecule is COCC(COC)c1nc(NC(C)O)nc(N(COC)C(C)O)n1. The molecular formula is C14H27N5O5. The summed E-state index contributed by atoms with van der Waals surface area (Å²) >= 11 is 0. The third-order valence-electron chi connectivity index (χ3n) is 3.06. The number of aliphatic hydroxyl groups is 2. The van der Waals surface area contributed by atoms with Gasteiger partial charge in [0, 0.05) is 21.3 Å². The molecule has 2 atom stereocenters. The molecule has 0 spiro atoms. The van der Waals surface area contributed by atoms with Crippen LogP contribution in [0.25, 0.3) is 0 Å². The van der Waals surface area contributed by atoms with Crippen LogP contribution in [0, 0.1) is 0 Å². The highest BCUT2D eigenvalue weighted by Crippen LogP contribution is 2.19. The number of hydrogen-bond donors (Lipinski definition) is 3. The van der Waals surface area contributed by atoms with Crippen molar-refractivity contribution in [1.82, 2.24) is 15.0 Å². The maximum absolute atomic E-state index is 9.93. The van der Waals surface area contributed by atoms with E-state index in [0.717, 1.165) is 0 Å². The van der Waals surface area contributed by atoms with E-state index >= 15 is 0 Å². The van der Waals surface area contributed by atoms with Gasteiger partial charge < -0.3 is 29.7 Å². The third-order valence-corrected chi connectivity index (χ3v) is 3.06. The average Bonchev–Trinajstić information content (AvgIpc) is 2.51. The Kier molecular flexibility index (Phi) is 8.79. The Morgan fingerprint density at radius 2 is 1.62 bits per heavy atom. The lowest BCUT2D eigenvalue weighted by Crippen LogP contribution is -2.37. The predicted molar refractivity (Wildman–Crippen MR) is 87.7 cm³/mol. The number of anilines is 2. The van der Waals surface area contributed by atoms with Crippen molar-refractivity contribution in [3.63, 3.8) is 0 Å². The van der Waals surface area contributed by atoms with Crippen molar-refractivity contribution >= 4 is 11.9 Å². The second-order valence-electron chi connectivity index (χ2n) is 5.26. The van der Waals surface area contributed by atoms with Gasteiger partial charge >= 0.3 is 0 Å². The maximum Gasteiger partial charge on any atom is 0.234 e. The number of hydrogen-bond acceptors (Lipinski definition) is 10. The molecule has 0 aromatic carbocycles. The first-order valence-electron chi connectivity index (χ1n) is 7.55. The molecule has 1 aromatic rings. The topological polar surface area (TPSA) is 122 Å². The molecule has 2 unspecified atom stereocenters. The van der Waals surface area contributed by atoms with Gasteiger partial charge in [0.25, 0.3) is 0 Å². The largest absolute Gasteiger partial charge is 0.384 e. The second kappa shape index (κ2) is 10.3. The zero-order valence-electron chi connectivity index (χ0n) is 14.8. The van der Waals surface area contributed by atoms with Crippen LogP contribution >= 0.6 is 0 Å². The summed E-state index contributed by atoms with van der Waals surface area (Å²) in [7, 11) is 4.66. The van der Waals surface area contributed by atoms with Crippen molar-refractivity contribution in [3.05, 3.63) is 5.82 Å². The van der Waals surface area contributed by atoms with Crippen molar-refractivity contribution < 1.29 is 24.4 Å². The lowest BCUT2D eigenvalue weighted by atomic mass is 10.1. The second-order valence-corrected chi connectivity index (χ2v) is 5.26. The van der Waals surface area contributed by atoms with Crippen LogP contribution in [0.1, 0.15) is 25.6 Å². The molecule has 10 nitrogen and oxygen atoms in total. The van der Waals surface area contributed by atoms with Crippen LogP contribution in [-0.2, 0) is 14.2 Å². The Bertz CT molecular complexity index is 483. The Morgan fingerprint density at radius 1 is 1.00 bits per heavy atom. The molecule has 0 amide bonds. The first kappa shape index (κ1) is 20.5. The molecule has 138 valence electrons. The number of aliphatic hydroxyl groups excluding tert-OH is 2. The van der Waals surface area contributed by atoms with Gasteiger partial charge in [-0.05, 0) is 13.8 Å². The van der Waals surface area contributed by atoms with Crippen LogP contribution in [-0.4, -0.2) is 78.9 Å². The minimum absolute atomic E-state index is 0.0917. The fourth-order valence-corrected chi connectivity index (χ4v) is 2.01. The summed E-state index contributed by atoms with van der Waals surface area (Å²) in [6, 6.07) is 0. The highest BCUT2D eigenvalue weighted by atomic mass is 16.5. The Morgan fingerprint density at radius 3 is 2.08 bits per heavy atom. The smallest absolute Gasteiger partial charge is 0.234 e. The Balaban J connectivity index is 3.28. The summed E-state index contributed by atoms with van der Waals surface area (Å²) in [5, 5.41) is 22.2. The number of methoxy groups -OCH3 is 3. The number of ether oxygens (including phenoxy) is 3.